The quantitative estimate of drug-likeness (QED) is 0.619. The van der Waals surface area contributed by atoms with E-state index in [1.807, 2.05) is 24.3 Å². The normalized spacial score (nSPS) is 10.7. The van der Waals surface area contributed by atoms with Crippen molar-refractivity contribution in [1.82, 2.24) is 0 Å². The highest BCUT2D eigenvalue weighted by molar-refractivity contribution is 5.97. The summed E-state index contributed by atoms with van der Waals surface area (Å²) in [6, 6.07) is 20.8. The molecule has 0 fully saturated rings. The first-order valence-electron chi connectivity index (χ1n) is 6.10. The summed E-state index contributed by atoms with van der Waals surface area (Å²) in [5.41, 5.74) is 10.6. The van der Waals surface area contributed by atoms with Gasteiger partial charge >= 0.3 is 0 Å². The first-order valence-corrected chi connectivity index (χ1v) is 6.10. The van der Waals surface area contributed by atoms with Gasteiger partial charge in [-0.1, -0.05) is 54.6 Å². The van der Waals surface area contributed by atoms with E-state index in [9.17, 15) is 0 Å². The van der Waals surface area contributed by atoms with Crippen molar-refractivity contribution >= 4 is 16.5 Å². The molecule has 0 unspecified atom stereocenters. The van der Waals surface area contributed by atoms with E-state index in [1.165, 1.54) is 21.9 Å². The predicted octanol–water partition coefficient (Wildman–Crippen LogP) is 4.40. The minimum Gasteiger partial charge on any atom is -0.398 e. The topological polar surface area (TPSA) is 26.0 Å². The Labute approximate surface area is 107 Å². The average Bonchev–Trinajstić information content (AvgIpc) is 2.40. The number of anilines is 1. The number of hydrogen-bond donors (Lipinski definition) is 1. The Morgan fingerprint density at radius 3 is 2.28 bits per heavy atom. The first kappa shape index (κ1) is 10.8. The van der Waals surface area contributed by atoms with Crippen LogP contribution in [0.5, 0.6) is 0 Å². The van der Waals surface area contributed by atoms with Crippen LogP contribution in [0.2, 0.25) is 0 Å². The van der Waals surface area contributed by atoms with Crippen LogP contribution in [-0.2, 0) is 0 Å². The average molecular weight is 233 g/mol. The Bertz CT molecular complexity index is 699. The van der Waals surface area contributed by atoms with Crippen LogP contribution < -0.4 is 5.73 Å². The largest absolute Gasteiger partial charge is 0.398 e. The zero-order valence-electron chi connectivity index (χ0n) is 10.4. The van der Waals surface area contributed by atoms with Gasteiger partial charge in [0.05, 0.1) is 0 Å². The van der Waals surface area contributed by atoms with E-state index >= 15 is 0 Å². The summed E-state index contributed by atoms with van der Waals surface area (Å²) >= 11 is 0. The molecule has 0 aromatic heterocycles. The van der Waals surface area contributed by atoms with Crippen molar-refractivity contribution in [3.63, 3.8) is 0 Å². The van der Waals surface area contributed by atoms with Crippen molar-refractivity contribution in [3.05, 3.63) is 66.2 Å². The third-order valence-corrected chi connectivity index (χ3v) is 3.40. The molecule has 1 nitrogen and oxygen atoms in total. The van der Waals surface area contributed by atoms with Gasteiger partial charge in [-0.2, -0.15) is 0 Å². The summed E-state index contributed by atoms with van der Waals surface area (Å²) in [6.07, 6.45) is 0. The van der Waals surface area contributed by atoms with Crippen LogP contribution in [-0.4, -0.2) is 0 Å². The van der Waals surface area contributed by atoms with Crippen molar-refractivity contribution in [3.8, 4) is 11.1 Å². The van der Waals surface area contributed by atoms with Crippen LogP contribution in [0.25, 0.3) is 21.9 Å². The van der Waals surface area contributed by atoms with E-state index in [1.54, 1.807) is 0 Å². The molecule has 0 radical (unpaired) electrons. The minimum atomic E-state index is 0.845. The zero-order valence-corrected chi connectivity index (χ0v) is 10.4. The fourth-order valence-corrected chi connectivity index (χ4v) is 2.54. The van der Waals surface area contributed by atoms with Crippen molar-refractivity contribution in [2.45, 2.75) is 6.92 Å². The van der Waals surface area contributed by atoms with Gasteiger partial charge in [-0.05, 0) is 34.9 Å². The molecule has 1 heteroatoms. The van der Waals surface area contributed by atoms with Crippen LogP contribution >= 0.6 is 0 Å². The Hall–Kier alpha value is -2.28. The number of nitrogens with two attached hydrogens (primary N) is 1. The molecular weight excluding hydrogens is 218 g/mol. The third kappa shape index (κ3) is 1.65. The van der Waals surface area contributed by atoms with E-state index < -0.39 is 0 Å². The number of rotatable bonds is 1. The van der Waals surface area contributed by atoms with Gasteiger partial charge in [0.1, 0.15) is 0 Å². The lowest BCUT2D eigenvalue weighted by atomic mass is 9.93. The molecule has 0 atom stereocenters. The Morgan fingerprint density at radius 2 is 1.50 bits per heavy atom. The van der Waals surface area contributed by atoms with E-state index in [0.29, 0.717) is 0 Å². The van der Waals surface area contributed by atoms with Gasteiger partial charge in [-0.25, -0.2) is 0 Å². The van der Waals surface area contributed by atoms with E-state index in [2.05, 4.69) is 43.3 Å². The monoisotopic (exact) mass is 233 g/mol. The molecule has 0 saturated carbocycles. The number of nitrogen functional groups attached to an aromatic ring is 1. The molecule has 2 N–H and O–H groups in total. The van der Waals surface area contributed by atoms with Crippen LogP contribution in [0.3, 0.4) is 0 Å². The van der Waals surface area contributed by atoms with Gasteiger partial charge in [-0.3, -0.25) is 0 Å². The predicted molar refractivity (Wildman–Crippen MR) is 78.5 cm³/mol. The van der Waals surface area contributed by atoms with E-state index in [0.717, 1.165) is 11.3 Å². The highest BCUT2D eigenvalue weighted by Gasteiger charge is 2.09. The molecule has 18 heavy (non-hydrogen) atoms. The first-order chi connectivity index (χ1) is 8.77. The highest BCUT2D eigenvalue weighted by atomic mass is 14.6. The summed E-state index contributed by atoms with van der Waals surface area (Å²) in [5.74, 6) is 0. The summed E-state index contributed by atoms with van der Waals surface area (Å²) in [7, 11) is 0. The van der Waals surface area contributed by atoms with E-state index in [-0.39, 0.29) is 0 Å². The molecule has 0 amide bonds. The fourth-order valence-electron chi connectivity index (χ4n) is 2.54. The SMILES string of the molecule is Cc1c(-c2ccccc2)c(N)cc2ccccc12. The number of fused-ring (bicyclic) bond motifs is 1. The zero-order chi connectivity index (χ0) is 12.5. The Kier molecular flexibility index (Phi) is 2.52. The molecule has 0 spiro atoms. The standard InChI is InChI=1S/C17H15N/c1-12-15-10-6-5-9-14(15)11-16(18)17(12)13-7-3-2-4-8-13/h2-11H,18H2,1H3. The molecule has 0 saturated heterocycles. The van der Waals surface area contributed by atoms with Gasteiger partial charge in [0.25, 0.3) is 0 Å². The highest BCUT2D eigenvalue weighted by Crippen LogP contribution is 2.34. The molecule has 0 heterocycles. The molecule has 0 bridgehead atoms. The van der Waals surface area contributed by atoms with Crippen molar-refractivity contribution in [1.29, 1.82) is 0 Å². The van der Waals surface area contributed by atoms with Gasteiger partial charge < -0.3 is 5.73 Å². The second-order valence-corrected chi connectivity index (χ2v) is 4.55. The van der Waals surface area contributed by atoms with Gasteiger partial charge in [0.15, 0.2) is 0 Å². The second kappa shape index (κ2) is 4.19. The maximum absolute atomic E-state index is 6.22. The van der Waals surface area contributed by atoms with Crippen LogP contribution in [0, 0.1) is 6.92 Å². The lowest BCUT2D eigenvalue weighted by Gasteiger charge is -2.13. The molecule has 3 aromatic carbocycles. The maximum Gasteiger partial charge on any atom is 0.0402 e. The van der Waals surface area contributed by atoms with Crippen LogP contribution in [0.1, 0.15) is 5.56 Å². The van der Waals surface area contributed by atoms with Crippen molar-refractivity contribution in [2.24, 2.45) is 0 Å². The summed E-state index contributed by atoms with van der Waals surface area (Å²) < 4.78 is 0. The minimum absolute atomic E-state index is 0.845. The number of aryl methyl sites for hydroxylation is 1. The van der Waals surface area contributed by atoms with Crippen molar-refractivity contribution < 1.29 is 0 Å². The van der Waals surface area contributed by atoms with E-state index in [4.69, 9.17) is 5.73 Å². The Morgan fingerprint density at radius 1 is 0.833 bits per heavy atom. The molecule has 3 aromatic rings. The summed E-state index contributed by atoms with van der Waals surface area (Å²) in [5, 5.41) is 2.47. The van der Waals surface area contributed by atoms with Crippen LogP contribution in [0.4, 0.5) is 5.69 Å². The van der Waals surface area contributed by atoms with Gasteiger partial charge in [0, 0.05) is 11.3 Å². The fraction of sp³-hybridized carbons (Fsp3) is 0.0588. The molecule has 0 aliphatic rings. The molecule has 3 rings (SSSR count). The second-order valence-electron chi connectivity index (χ2n) is 4.55. The van der Waals surface area contributed by atoms with Crippen molar-refractivity contribution in [2.75, 3.05) is 5.73 Å². The Balaban J connectivity index is 2.37. The summed E-state index contributed by atoms with van der Waals surface area (Å²) in [4.78, 5) is 0. The smallest absolute Gasteiger partial charge is 0.0402 e. The molecule has 0 aliphatic carbocycles. The molecular formula is C17H15N. The molecule has 0 aliphatic heterocycles. The number of benzene rings is 3. The van der Waals surface area contributed by atoms with Gasteiger partial charge in [0.2, 0.25) is 0 Å². The summed E-state index contributed by atoms with van der Waals surface area (Å²) in [6.45, 7) is 2.14. The van der Waals surface area contributed by atoms with Crippen LogP contribution in [0.15, 0.2) is 60.7 Å². The lowest BCUT2D eigenvalue weighted by molar-refractivity contribution is 1.50. The third-order valence-electron chi connectivity index (χ3n) is 3.40. The number of hydrogen-bond acceptors (Lipinski definition) is 1. The maximum atomic E-state index is 6.22. The molecule has 88 valence electrons. The lowest BCUT2D eigenvalue weighted by Crippen LogP contribution is -1.94. The van der Waals surface area contributed by atoms with Gasteiger partial charge in [-0.15, -0.1) is 0 Å².